The summed E-state index contributed by atoms with van der Waals surface area (Å²) in [6, 6.07) is 5.97. The number of nitrogens with zero attached hydrogens (tertiary/aromatic N) is 4. The summed E-state index contributed by atoms with van der Waals surface area (Å²) in [5.74, 6) is 0. The molecule has 1 atom stereocenters. The number of ether oxygens (including phenoxy) is 1. The Kier molecular flexibility index (Phi) is 3.54. The van der Waals surface area contributed by atoms with Gasteiger partial charge in [0.2, 0.25) is 0 Å². The van der Waals surface area contributed by atoms with Crippen molar-refractivity contribution in [1.29, 1.82) is 0 Å². The highest BCUT2D eigenvalue weighted by Gasteiger charge is 2.18. The molecule has 1 aliphatic rings. The van der Waals surface area contributed by atoms with Crippen LogP contribution in [0.3, 0.4) is 0 Å². The van der Waals surface area contributed by atoms with Crippen LogP contribution in [0.5, 0.6) is 0 Å². The number of aliphatic imine (C=N–C) groups is 1. The van der Waals surface area contributed by atoms with E-state index in [9.17, 15) is 4.79 Å². The van der Waals surface area contributed by atoms with Crippen LogP contribution in [0.15, 0.2) is 46.6 Å². The monoisotopic (exact) mass is 322 g/mol. The van der Waals surface area contributed by atoms with Gasteiger partial charge in [0, 0.05) is 38.3 Å². The number of fused-ring (bicyclic) bond motifs is 2. The van der Waals surface area contributed by atoms with Gasteiger partial charge >= 0.3 is 0 Å². The number of rotatable bonds is 3. The number of pyridine rings is 2. The zero-order valence-electron chi connectivity index (χ0n) is 13.6. The van der Waals surface area contributed by atoms with Crippen molar-refractivity contribution in [2.45, 2.75) is 26.1 Å². The van der Waals surface area contributed by atoms with E-state index in [1.54, 1.807) is 17.9 Å². The van der Waals surface area contributed by atoms with Crippen LogP contribution in [0.4, 0.5) is 0 Å². The van der Waals surface area contributed by atoms with Crippen molar-refractivity contribution in [3.63, 3.8) is 0 Å². The lowest BCUT2D eigenvalue weighted by molar-refractivity contribution is 0.110. The minimum atomic E-state index is -0.200. The number of hydrogen-bond acceptors (Lipinski definition) is 4. The Labute approximate surface area is 139 Å². The molecule has 1 aliphatic heterocycles. The van der Waals surface area contributed by atoms with Gasteiger partial charge in [0.1, 0.15) is 5.65 Å². The third-order valence-corrected chi connectivity index (χ3v) is 4.31. The molecule has 6 nitrogen and oxygen atoms in total. The summed E-state index contributed by atoms with van der Waals surface area (Å²) in [6.45, 7) is 2.48. The number of aryl methyl sites for hydroxylation is 1. The lowest BCUT2D eigenvalue weighted by atomic mass is 10.0. The van der Waals surface area contributed by atoms with Gasteiger partial charge in [0.25, 0.3) is 5.56 Å². The van der Waals surface area contributed by atoms with Gasteiger partial charge < -0.3 is 13.7 Å². The van der Waals surface area contributed by atoms with E-state index >= 15 is 0 Å². The fourth-order valence-electron chi connectivity index (χ4n) is 3.02. The largest absolute Gasteiger partial charge is 0.359 e. The summed E-state index contributed by atoms with van der Waals surface area (Å²) in [5.41, 5.74) is 4.48. The molecule has 0 bridgehead atoms. The lowest BCUT2D eigenvalue weighted by Gasteiger charge is -2.18. The lowest BCUT2D eigenvalue weighted by Crippen LogP contribution is -2.29. The summed E-state index contributed by atoms with van der Waals surface area (Å²) < 4.78 is 8.90. The fraction of sp³-hybridized carbons (Fsp3) is 0.278. The average molecular weight is 322 g/mol. The topological polar surface area (TPSA) is 60.9 Å². The van der Waals surface area contributed by atoms with Crippen LogP contribution in [0.1, 0.15) is 22.4 Å². The van der Waals surface area contributed by atoms with E-state index < -0.39 is 0 Å². The second kappa shape index (κ2) is 5.72. The van der Waals surface area contributed by atoms with E-state index in [0.717, 1.165) is 16.9 Å². The second-order valence-electron chi connectivity index (χ2n) is 6.06. The summed E-state index contributed by atoms with van der Waals surface area (Å²) in [4.78, 5) is 21.5. The Bertz CT molecular complexity index is 1000. The summed E-state index contributed by atoms with van der Waals surface area (Å²) in [5, 5.41) is 0. The first-order chi connectivity index (χ1) is 11.6. The average Bonchev–Trinajstić information content (AvgIpc) is 2.98. The van der Waals surface area contributed by atoms with E-state index in [-0.39, 0.29) is 11.8 Å². The molecule has 0 amide bonds. The number of hydrogen-bond donors (Lipinski definition) is 0. The Balaban J connectivity index is 1.68. The van der Waals surface area contributed by atoms with Gasteiger partial charge in [-0.25, -0.2) is 4.98 Å². The van der Waals surface area contributed by atoms with E-state index in [2.05, 4.69) is 9.98 Å². The molecular weight excluding hydrogens is 304 g/mol. The van der Waals surface area contributed by atoms with Crippen molar-refractivity contribution in [3.05, 3.63) is 69.5 Å². The predicted octanol–water partition coefficient (Wildman–Crippen LogP) is 1.80. The highest BCUT2D eigenvalue weighted by atomic mass is 16.5. The molecule has 122 valence electrons. The SMILES string of the molecule is COC1Cc2ccn(Cc3cn4cc(C)ccc4n3)c(=O)c2C=N1. The molecule has 0 saturated carbocycles. The van der Waals surface area contributed by atoms with Crippen molar-refractivity contribution >= 4 is 11.9 Å². The minimum absolute atomic E-state index is 0.0426. The van der Waals surface area contributed by atoms with Gasteiger partial charge in [-0.1, -0.05) is 6.07 Å². The number of imidazole rings is 1. The number of aromatic nitrogens is 3. The smallest absolute Gasteiger partial charge is 0.260 e. The zero-order valence-corrected chi connectivity index (χ0v) is 13.6. The molecule has 0 N–H and O–H groups in total. The van der Waals surface area contributed by atoms with Crippen LogP contribution in [-0.4, -0.2) is 33.5 Å². The fourth-order valence-corrected chi connectivity index (χ4v) is 3.02. The molecule has 0 spiro atoms. The zero-order chi connectivity index (χ0) is 16.7. The van der Waals surface area contributed by atoms with Gasteiger partial charge in [-0.15, -0.1) is 0 Å². The van der Waals surface area contributed by atoms with Gasteiger partial charge in [-0.3, -0.25) is 9.79 Å². The minimum Gasteiger partial charge on any atom is -0.359 e. The first-order valence-corrected chi connectivity index (χ1v) is 7.86. The Morgan fingerprint density at radius 2 is 2.17 bits per heavy atom. The molecule has 4 heterocycles. The molecule has 3 aromatic rings. The van der Waals surface area contributed by atoms with Crippen LogP contribution in [-0.2, 0) is 17.7 Å². The number of methoxy groups -OCH3 is 1. The predicted molar refractivity (Wildman–Crippen MR) is 91.8 cm³/mol. The second-order valence-corrected chi connectivity index (χ2v) is 6.06. The van der Waals surface area contributed by atoms with E-state index in [1.165, 1.54) is 5.56 Å². The molecule has 0 radical (unpaired) electrons. The van der Waals surface area contributed by atoms with E-state index in [1.807, 2.05) is 48.1 Å². The summed E-state index contributed by atoms with van der Waals surface area (Å²) >= 11 is 0. The Morgan fingerprint density at radius 1 is 1.29 bits per heavy atom. The van der Waals surface area contributed by atoms with Crippen LogP contribution in [0, 0.1) is 6.92 Å². The Hall–Kier alpha value is -2.73. The van der Waals surface area contributed by atoms with Crippen molar-refractivity contribution in [2.24, 2.45) is 4.99 Å². The van der Waals surface area contributed by atoms with Crippen LogP contribution in [0.25, 0.3) is 5.65 Å². The third-order valence-electron chi connectivity index (χ3n) is 4.31. The normalized spacial score (nSPS) is 16.5. The molecule has 24 heavy (non-hydrogen) atoms. The van der Waals surface area contributed by atoms with Crippen LogP contribution in [0.2, 0.25) is 0 Å². The van der Waals surface area contributed by atoms with Crippen LogP contribution < -0.4 is 5.56 Å². The highest BCUT2D eigenvalue weighted by Crippen LogP contribution is 2.14. The maximum atomic E-state index is 12.7. The van der Waals surface area contributed by atoms with Gasteiger partial charge in [-0.05, 0) is 30.2 Å². The third kappa shape index (κ3) is 2.55. The first kappa shape index (κ1) is 14.8. The summed E-state index contributed by atoms with van der Waals surface area (Å²) in [7, 11) is 1.62. The van der Waals surface area contributed by atoms with Gasteiger partial charge in [0.15, 0.2) is 6.23 Å². The maximum Gasteiger partial charge on any atom is 0.260 e. The summed E-state index contributed by atoms with van der Waals surface area (Å²) in [6.07, 6.45) is 7.87. The van der Waals surface area contributed by atoms with E-state index in [4.69, 9.17) is 4.74 Å². The van der Waals surface area contributed by atoms with Crippen molar-refractivity contribution in [2.75, 3.05) is 7.11 Å². The molecule has 0 saturated heterocycles. The van der Waals surface area contributed by atoms with Gasteiger partial charge in [-0.2, -0.15) is 0 Å². The quantitative estimate of drug-likeness (QED) is 0.739. The standard InChI is InChI=1S/C18H18N4O2/c1-12-3-4-16-20-14(11-22(16)9-12)10-21-6-5-13-7-17(24-2)19-8-15(13)18(21)23/h3-6,8-9,11,17H,7,10H2,1-2H3. The van der Waals surface area contributed by atoms with Crippen molar-refractivity contribution < 1.29 is 4.74 Å². The van der Waals surface area contributed by atoms with Crippen molar-refractivity contribution in [1.82, 2.24) is 14.0 Å². The highest BCUT2D eigenvalue weighted by molar-refractivity contribution is 5.82. The molecular formula is C18H18N4O2. The molecule has 0 aliphatic carbocycles. The van der Waals surface area contributed by atoms with Crippen LogP contribution >= 0.6 is 0 Å². The van der Waals surface area contributed by atoms with E-state index in [0.29, 0.717) is 18.5 Å². The molecule has 1 unspecified atom stereocenters. The molecule has 4 rings (SSSR count). The first-order valence-electron chi connectivity index (χ1n) is 7.86. The molecule has 0 aromatic carbocycles. The molecule has 6 heteroatoms. The molecule has 0 fully saturated rings. The molecule has 3 aromatic heterocycles. The van der Waals surface area contributed by atoms with Crippen molar-refractivity contribution in [3.8, 4) is 0 Å². The van der Waals surface area contributed by atoms with Gasteiger partial charge in [0.05, 0.1) is 17.8 Å². The Morgan fingerprint density at radius 3 is 3.00 bits per heavy atom. The maximum absolute atomic E-state index is 12.7.